The SMILES string of the molecule is CC1(c2ccccc2O)NNC(=NCC(=O)c2ccccc2)N1C(Cc1c[nH]c2ccccc12)C(=O)O. The van der Waals surface area contributed by atoms with Gasteiger partial charge in [0, 0.05) is 34.6 Å². The number of benzene rings is 3. The van der Waals surface area contributed by atoms with Crippen molar-refractivity contribution in [3.63, 3.8) is 0 Å². The number of guanidine groups is 1. The van der Waals surface area contributed by atoms with Gasteiger partial charge in [0.15, 0.2) is 5.78 Å². The summed E-state index contributed by atoms with van der Waals surface area (Å²) in [5, 5.41) is 22.0. The minimum Gasteiger partial charge on any atom is -0.508 e. The lowest BCUT2D eigenvalue weighted by Gasteiger charge is -2.39. The fourth-order valence-corrected chi connectivity index (χ4v) is 4.83. The first kappa shape index (κ1) is 24.1. The summed E-state index contributed by atoms with van der Waals surface area (Å²) in [6.07, 6.45) is 1.96. The molecule has 0 bridgehead atoms. The normalized spacial score (nSPS) is 19.2. The van der Waals surface area contributed by atoms with Gasteiger partial charge in [0.25, 0.3) is 0 Å². The van der Waals surface area contributed by atoms with Crippen molar-refractivity contribution in [3.05, 3.63) is 102 Å². The highest BCUT2D eigenvalue weighted by molar-refractivity contribution is 5.99. The maximum absolute atomic E-state index is 12.8. The largest absolute Gasteiger partial charge is 0.508 e. The van der Waals surface area contributed by atoms with E-state index in [0.717, 1.165) is 16.5 Å². The van der Waals surface area contributed by atoms with Crippen molar-refractivity contribution in [1.82, 2.24) is 20.7 Å². The molecule has 0 aliphatic carbocycles. The highest BCUT2D eigenvalue weighted by Crippen LogP contribution is 2.36. The quantitative estimate of drug-likeness (QED) is 0.236. The molecular weight excluding hydrogens is 470 g/mol. The van der Waals surface area contributed by atoms with Crippen LogP contribution in [0.2, 0.25) is 0 Å². The lowest BCUT2D eigenvalue weighted by Crippen LogP contribution is -2.55. The van der Waals surface area contributed by atoms with E-state index in [1.165, 1.54) is 0 Å². The van der Waals surface area contributed by atoms with E-state index >= 15 is 0 Å². The molecular formula is C28H27N5O4. The molecule has 2 atom stereocenters. The lowest BCUT2D eigenvalue weighted by atomic mass is 9.95. The number of aromatic hydroxyl groups is 1. The zero-order valence-electron chi connectivity index (χ0n) is 20.2. The number of hydrogen-bond donors (Lipinski definition) is 5. The minimum atomic E-state index is -1.19. The van der Waals surface area contributed by atoms with E-state index in [-0.39, 0.29) is 30.5 Å². The van der Waals surface area contributed by atoms with Crippen LogP contribution in [-0.4, -0.2) is 50.4 Å². The molecule has 4 aromatic rings. The average Bonchev–Trinajstić information content (AvgIpc) is 3.47. The number of carboxylic acids is 1. The van der Waals surface area contributed by atoms with Gasteiger partial charge in [-0.3, -0.25) is 10.2 Å². The number of aliphatic imine (C=N–C) groups is 1. The third kappa shape index (κ3) is 4.52. The number of nitrogens with one attached hydrogen (secondary N) is 3. The van der Waals surface area contributed by atoms with Crippen LogP contribution in [0.1, 0.15) is 28.4 Å². The highest BCUT2D eigenvalue weighted by Gasteiger charge is 2.49. The molecule has 1 aliphatic heterocycles. The summed E-state index contributed by atoms with van der Waals surface area (Å²) in [6.45, 7) is 1.59. The van der Waals surface area contributed by atoms with Gasteiger partial charge in [0.1, 0.15) is 24.0 Å². The third-order valence-corrected chi connectivity index (χ3v) is 6.71. The number of H-pyrrole nitrogens is 1. The van der Waals surface area contributed by atoms with Crippen molar-refractivity contribution in [1.29, 1.82) is 0 Å². The van der Waals surface area contributed by atoms with Crippen molar-refractivity contribution in [2.45, 2.75) is 25.0 Å². The summed E-state index contributed by atoms with van der Waals surface area (Å²) >= 11 is 0. The Morgan fingerprint density at radius 1 is 1.00 bits per heavy atom. The number of phenols is 1. The second-order valence-electron chi connectivity index (χ2n) is 9.06. The number of para-hydroxylation sites is 2. The number of nitrogens with zero attached hydrogens (tertiary/aromatic N) is 2. The van der Waals surface area contributed by atoms with Gasteiger partial charge in [-0.2, -0.15) is 0 Å². The summed E-state index contributed by atoms with van der Waals surface area (Å²) in [4.78, 5) is 34.8. The van der Waals surface area contributed by atoms with Crippen molar-refractivity contribution < 1.29 is 19.8 Å². The minimum absolute atomic E-state index is 0.00199. The molecule has 9 nitrogen and oxygen atoms in total. The molecule has 0 saturated carbocycles. The second kappa shape index (κ2) is 9.79. The van der Waals surface area contributed by atoms with Crippen LogP contribution in [0.15, 0.2) is 90.1 Å². The first-order chi connectivity index (χ1) is 17.9. The van der Waals surface area contributed by atoms with Crippen LogP contribution in [0.5, 0.6) is 5.75 Å². The number of ketones is 1. The Labute approximate surface area is 213 Å². The van der Waals surface area contributed by atoms with Crippen LogP contribution >= 0.6 is 0 Å². The summed E-state index contributed by atoms with van der Waals surface area (Å²) in [6, 6.07) is 22.1. The van der Waals surface area contributed by atoms with E-state index in [4.69, 9.17) is 0 Å². The van der Waals surface area contributed by atoms with Crippen LogP contribution in [-0.2, 0) is 16.9 Å². The van der Waals surface area contributed by atoms with Crippen molar-refractivity contribution in [2.24, 2.45) is 4.99 Å². The standard InChI is InChI=1S/C28H27N5O4/c1-28(21-12-6-8-14-24(21)34)32-31-27(30-17-25(35)18-9-3-2-4-10-18)33(28)23(26(36)37)15-19-16-29-22-13-7-5-11-20(19)22/h2-14,16,23,29,32,34H,15,17H2,1H3,(H,30,31)(H,36,37). The number of hydrazine groups is 1. The number of aliphatic carboxylic acids is 1. The molecule has 2 heterocycles. The number of carbonyl (C=O) groups excluding carboxylic acids is 1. The number of fused-ring (bicyclic) bond motifs is 1. The fraction of sp³-hybridized carbons (Fsp3) is 0.179. The molecule has 0 amide bonds. The van der Waals surface area contributed by atoms with E-state index in [9.17, 15) is 19.8 Å². The third-order valence-electron chi connectivity index (χ3n) is 6.71. The zero-order valence-corrected chi connectivity index (χ0v) is 20.2. The number of rotatable bonds is 8. The number of Topliss-reactive ketones (excluding diaryl/α,β-unsaturated/α-hetero) is 1. The number of carbonyl (C=O) groups is 2. The van der Waals surface area contributed by atoms with E-state index in [2.05, 4.69) is 20.8 Å². The summed E-state index contributed by atoms with van der Waals surface area (Å²) in [5.41, 5.74) is 7.61. The maximum Gasteiger partial charge on any atom is 0.326 e. The van der Waals surface area contributed by atoms with Crippen LogP contribution in [0.25, 0.3) is 10.9 Å². The summed E-state index contributed by atoms with van der Waals surface area (Å²) in [5.74, 6) is -1.07. The van der Waals surface area contributed by atoms with E-state index in [0.29, 0.717) is 11.1 Å². The van der Waals surface area contributed by atoms with Crippen LogP contribution in [0.4, 0.5) is 0 Å². The Kier molecular flexibility index (Phi) is 6.37. The Morgan fingerprint density at radius 2 is 1.70 bits per heavy atom. The van der Waals surface area contributed by atoms with Gasteiger partial charge in [-0.1, -0.05) is 66.7 Å². The molecule has 188 valence electrons. The highest BCUT2D eigenvalue weighted by atomic mass is 16.4. The van der Waals surface area contributed by atoms with Crippen LogP contribution < -0.4 is 10.9 Å². The van der Waals surface area contributed by atoms with Crippen molar-refractivity contribution in [3.8, 4) is 5.75 Å². The maximum atomic E-state index is 12.8. The Hall–Kier alpha value is -4.63. The molecule has 0 radical (unpaired) electrons. The van der Waals surface area contributed by atoms with Gasteiger partial charge < -0.3 is 20.1 Å². The predicted octanol–water partition coefficient (Wildman–Crippen LogP) is 3.39. The van der Waals surface area contributed by atoms with Crippen LogP contribution in [0.3, 0.4) is 0 Å². The first-order valence-electron chi connectivity index (χ1n) is 11.9. The second-order valence-corrected chi connectivity index (χ2v) is 9.06. The average molecular weight is 498 g/mol. The lowest BCUT2D eigenvalue weighted by molar-refractivity contribution is -0.143. The zero-order chi connectivity index (χ0) is 26.0. The smallest absolute Gasteiger partial charge is 0.326 e. The Balaban J connectivity index is 1.56. The molecule has 3 aromatic carbocycles. The number of phenolic OH excluding ortho intramolecular Hbond substituents is 1. The molecule has 9 heteroatoms. The topological polar surface area (TPSA) is 130 Å². The van der Waals surface area contributed by atoms with Gasteiger partial charge in [-0.15, -0.1) is 0 Å². The molecule has 1 saturated heterocycles. The van der Waals surface area contributed by atoms with Gasteiger partial charge in [-0.05, 0) is 24.6 Å². The Morgan fingerprint density at radius 3 is 2.46 bits per heavy atom. The monoisotopic (exact) mass is 497 g/mol. The fourth-order valence-electron chi connectivity index (χ4n) is 4.83. The number of carboxylic acid groups (broad SMARTS) is 1. The molecule has 0 spiro atoms. The molecule has 1 fully saturated rings. The van der Waals surface area contributed by atoms with Gasteiger partial charge in [0.2, 0.25) is 5.96 Å². The number of aromatic amines is 1. The molecule has 2 unspecified atom stereocenters. The number of aromatic nitrogens is 1. The molecule has 37 heavy (non-hydrogen) atoms. The Bertz CT molecular complexity index is 1480. The van der Waals surface area contributed by atoms with Crippen LogP contribution in [0, 0.1) is 0 Å². The van der Waals surface area contributed by atoms with Gasteiger partial charge >= 0.3 is 5.97 Å². The van der Waals surface area contributed by atoms with Gasteiger partial charge in [-0.25, -0.2) is 15.2 Å². The van der Waals surface area contributed by atoms with Gasteiger partial charge in [0.05, 0.1) is 0 Å². The molecule has 1 aromatic heterocycles. The molecule has 5 N–H and O–H groups in total. The molecule has 5 rings (SSSR count). The van der Waals surface area contributed by atoms with E-state index < -0.39 is 17.7 Å². The molecule has 1 aliphatic rings. The van der Waals surface area contributed by atoms with Crippen molar-refractivity contribution >= 4 is 28.6 Å². The first-order valence-corrected chi connectivity index (χ1v) is 11.9. The number of hydrogen-bond acceptors (Lipinski definition) is 5. The summed E-state index contributed by atoms with van der Waals surface area (Å²) in [7, 11) is 0. The van der Waals surface area contributed by atoms with E-state index in [1.807, 2.05) is 36.5 Å². The van der Waals surface area contributed by atoms with Crippen molar-refractivity contribution in [2.75, 3.05) is 6.54 Å². The van der Waals surface area contributed by atoms with E-state index in [1.54, 1.807) is 60.4 Å². The predicted molar refractivity (Wildman–Crippen MR) is 140 cm³/mol. The summed E-state index contributed by atoms with van der Waals surface area (Å²) < 4.78 is 0.